The van der Waals surface area contributed by atoms with Crippen LogP contribution in [-0.4, -0.2) is 16.7 Å². The summed E-state index contributed by atoms with van der Waals surface area (Å²) in [7, 11) is 3.52. The van der Waals surface area contributed by atoms with Crippen molar-refractivity contribution in [3.63, 3.8) is 0 Å². The number of ether oxygens (including phenoxy) is 1. The Balaban J connectivity index is 2.58. The number of aromatic nitrogens is 2. The zero-order valence-electron chi connectivity index (χ0n) is 10.7. The molecule has 0 saturated heterocycles. The zero-order chi connectivity index (χ0) is 13.3. The minimum atomic E-state index is 0.406. The van der Waals surface area contributed by atoms with Gasteiger partial charge in [0.1, 0.15) is 5.75 Å². The molecule has 0 amide bonds. The lowest BCUT2D eigenvalue weighted by Crippen LogP contribution is -1.99. The van der Waals surface area contributed by atoms with Crippen LogP contribution < -0.4 is 10.5 Å². The van der Waals surface area contributed by atoms with E-state index >= 15 is 0 Å². The van der Waals surface area contributed by atoms with Gasteiger partial charge < -0.3 is 15.0 Å². The second-order valence-corrected chi connectivity index (χ2v) is 4.41. The van der Waals surface area contributed by atoms with Crippen LogP contribution in [0.4, 0.5) is 5.95 Å². The van der Waals surface area contributed by atoms with Crippen LogP contribution in [0.2, 0.25) is 5.15 Å². The van der Waals surface area contributed by atoms with Crippen LogP contribution in [-0.2, 0) is 13.5 Å². The second-order valence-electron chi connectivity index (χ2n) is 4.05. The van der Waals surface area contributed by atoms with Crippen LogP contribution in [0.15, 0.2) is 18.2 Å². The number of aryl methyl sites for hydroxylation is 1. The Morgan fingerprint density at radius 3 is 2.67 bits per heavy atom. The fourth-order valence-electron chi connectivity index (χ4n) is 2.00. The number of hydrogen-bond donors (Lipinski definition) is 1. The molecule has 0 aliphatic carbocycles. The first-order valence-corrected chi connectivity index (χ1v) is 6.11. The number of imidazole rings is 1. The van der Waals surface area contributed by atoms with Gasteiger partial charge in [-0.3, -0.25) is 0 Å². The monoisotopic (exact) mass is 265 g/mol. The standard InChI is InChI=1S/C13H16ClN3O/c1-4-8-7-9(5-6-10(8)18-3)11-12(14)16-13(15)17(11)2/h5-7H,4H2,1-3H3,(H2,15,16). The quantitative estimate of drug-likeness (QED) is 0.928. The minimum absolute atomic E-state index is 0.406. The van der Waals surface area contributed by atoms with Gasteiger partial charge in [0, 0.05) is 12.6 Å². The molecule has 0 aliphatic rings. The molecular formula is C13H16ClN3O. The van der Waals surface area contributed by atoms with E-state index < -0.39 is 0 Å². The van der Waals surface area contributed by atoms with Crippen molar-refractivity contribution >= 4 is 17.5 Å². The number of nitrogens with zero attached hydrogens (tertiary/aromatic N) is 2. The molecule has 0 atom stereocenters. The molecule has 0 spiro atoms. The molecule has 0 bridgehead atoms. The van der Waals surface area contributed by atoms with Crippen LogP contribution in [0.3, 0.4) is 0 Å². The maximum atomic E-state index is 6.11. The number of anilines is 1. The van der Waals surface area contributed by atoms with Crippen LogP contribution in [0.25, 0.3) is 11.3 Å². The Labute approximate surface area is 111 Å². The zero-order valence-corrected chi connectivity index (χ0v) is 11.5. The fraction of sp³-hybridized carbons (Fsp3) is 0.308. The SMILES string of the molecule is CCc1cc(-c2c(Cl)nc(N)n2C)ccc1OC. The van der Waals surface area contributed by atoms with Gasteiger partial charge in [0.05, 0.1) is 12.8 Å². The second kappa shape index (κ2) is 4.90. The highest BCUT2D eigenvalue weighted by molar-refractivity contribution is 6.32. The van der Waals surface area contributed by atoms with Gasteiger partial charge in [-0.25, -0.2) is 4.98 Å². The number of nitrogen functional groups attached to an aromatic ring is 1. The van der Waals surface area contributed by atoms with Gasteiger partial charge in [0.25, 0.3) is 0 Å². The number of nitrogens with two attached hydrogens (primary N) is 1. The van der Waals surface area contributed by atoms with Gasteiger partial charge in [-0.1, -0.05) is 18.5 Å². The van der Waals surface area contributed by atoms with E-state index in [0.29, 0.717) is 11.1 Å². The van der Waals surface area contributed by atoms with Crippen molar-refractivity contribution in [3.05, 3.63) is 28.9 Å². The van der Waals surface area contributed by atoms with Crippen molar-refractivity contribution in [2.75, 3.05) is 12.8 Å². The molecule has 5 heteroatoms. The lowest BCUT2D eigenvalue weighted by atomic mass is 10.1. The average molecular weight is 266 g/mol. The maximum absolute atomic E-state index is 6.11. The molecule has 1 heterocycles. The lowest BCUT2D eigenvalue weighted by Gasteiger charge is -2.10. The average Bonchev–Trinajstić information content (AvgIpc) is 2.62. The highest BCUT2D eigenvalue weighted by Gasteiger charge is 2.14. The normalized spacial score (nSPS) is 10.7. The summed E-state index contributed by atoms with van der Waals surface area (Å²) >= 11 is 6.11. The maximum Gasteiger partial charge on any atom is 0.201 e. The Bertz CT molecular complexity index is 578. The summed E-state index contributed by atoms with van der Waals surface area (Å²) in [5.41, 5.74) is 8.69. The van der Waals surface area contributed by atoms with E-state index in [9.17, 15) is 0 Å². The summed E-state index contributed by atoms with van der Waals surface area (Å²) in [5, 5.41) is 0.419. The van der Waals surface area contributed by atoms with Gasteiger partial charge in [-0.2, -0.15) is 0 Å². The van der Waals surface area contributed by atoms with E-state index in [2.05, 4.69) is 18.0 Å². The van der Waals surface area contributed by atoms with Crippen molar-refractivity contribution in [1.82, 2.24) is 9.55 Å². The van der Waals surface area contributed by atoms with E-state index in [4.69, 9.17) is 22.1 Å². The number of halogens is 1. The molecule has 1 aromatic heterocycles. The molecule has 2 aromatic rings. The topological polar surface area (TPSA) is 53.1 Å². The molecular weight excluding hydrogens is 250 g/mol. The van der Waals surface area contributed by atoms with E-state index in [1.54, 1.807) is 11.7 Å². The highest BCUT2D eigenvalue weighted by Crippen LogP contribution is 2.32. The van der Waals surface area contributed by atoms with Crippen molar-refractivity contribution in [2.45, 2.75) is 13.3 Å². The predicted octanol–water partition coefficient (Wildman–Crippen LogP) is 2.89. The van der Waals surface area contributed by atoms with Gasteiger partial charge >= 0.3 is 0 Å². The molecule has 96 valence electrons. The third-order valence-corrected chi connectivity index (χ3v) is 3.29. The number of rotatable bonds is 3. The van der Waals surface area contributed by atoms with Crippen LogP contribution in [0, 0.1) is 0 Å². The van der Waals surface area contributed by atoms with Crippen molar-refractivity contribution in [2.24, 2.45) is 7.05 Å². The molecule has 0 radical (unpaired) electrons. The summed E-state index contributed by atoms with van der Waals surface area (Å²) in [6.07, 6.45) is 0.891. The molecule has 0 unspecified atom stereocenters. The van der Waals surface area contributed by atoms with Crippen LogP contribution >= 0.6 is 11.6 Å². The molecule has 0 fully saturated rings. The largest absolute Gasteiger partial charge is 0.496 e. The summed E-state index contributed by atoms with van der Waals surface area (Å²) < 4.78 is 7.09. The molecule has 18 heavy (non-hydrogen) atoms. The Kier molecular flexibility index (Phi) is 3.48. The Morgan fingerprint density at radius 2 is 2.17 bits per heavy atom. The molecule has 4 nitrogen and oxygen atoms in total. The third-order valence-electron chi connectivity index (χ3n) is 3.02. The Morgan fingerprint density at radius 1 is 1.44 bits per heavy atom. The van der Waals surface area contributed by atoms with Gasteiger partial charge in [-0.05, 0) is 30.2 Å². The summed E-state index contributed by atoms with van der Waals surface area (Å²) in [4.78, 5) is 4.06. The molecule has 0 aliphatic heterocycles. The summed E-state index contributed by atoms with van der Waals surface area (Å²) in [6, 6.07) is 5.95. The molecule has 2 N–H and O–H groups in total. The number of hydrogen-bond acceptors (Lipinski definition) is 3. The van der Waals surface area contributed by atoms with Crippen molar-refractivity contribution < 1.29 is 4.74 Å². The first-order chi connectivity index (χ1) is 8.58. The summed E-state index contributed by atoms with van der Waals surface area (Å²) in [6.45, 7) is 2.08. The first-order valence-electron chi connectivity index (χ1n) is 5.73. The van der Waals surface area contributed by atoms with Gasteiger partial charge in [0.15, 0.2) is 5.15 Å². The van der Waals surface area contributed by atoms with Gasteiger partial charge in [-0.15, -0.1) is 0 Å². The third kappa shape index (κ3) is 2.04. The van der Waals surface area contributed by atoms with Crippen molar-refractivity contribution in [3.8, 4) is 17.0 Å². The first kappa shape index (κ1) is 12.8. The van der Waals surface area contributed by atoms with Crippen molar-refractivity contribution in [1.29, 1.82) is 0 Å². The van der Waals surface area contributed by atoms with E-state index in [-0.39, 0.29) is 0 Å². The predicted molar refractivity (Wildman–Crippen MR) is 74.0 cm³/mol. The lowest BCUT2D eigenvalue weighted by molar-refractivity contribution is 0.410. The number of benzene rings is 1. The molecule has 1 aromatic carbocycles. The van der Waals surface area contributed by atoms with Gasteiger partial charge in [0.2, 0.25) is 5.95 Å². The Hall–Kier alpha value is -1.68. The van der Waals surface area contributed by atoms with E-state index in [0.717, 1.165) is 29.0 Å². The smallest absolute Gasteiger partial charge is 0.201 e. The number of methoxy groups -OCH3 is 1. The molecule has 0 saturated carbocycles. The van der Waals surface area contributed by atoms with E-state index in [1.807, 2.05) is 19.2 Å². The minimum Gasteiger partial charge on any atom is -0.496 e. The fourth-order valence-corrected chi connectivity index (χ4v) is 2.32. The highest BCUT2D eigenvalue weighted by atomic mass is 35.5. The van der Waals surface area contributed by atoms with Crippen LogP contribution in [0.5, 0.6) is 5.75 Å². The van der Waals surface area contributed by atoms with Crippen LogP contribution in [0.1, 0.15) is 12.5 Å². The summed E-state index contributed by atoms with van der Waals surface area (Å²) in [5.74, 6) is 1.29. The van der Waals surface area contributed by atoms with E-state index in [1.165, 1.54) is 0 Å². The molecule has 2 rings (SSSR count).